The third-order valence-corrected chi connectivity index (χ3v) is 40.4. The highest BCUT2D eigenvalue weighted by Gasteiger charge is 2.52. The van der Waals surface area contributed by atoms with Crippen LogP contribution in [-0.4, -0.2) is 105 Å². The first-order chi connectivity index (χ1) is 72.9. The van der Waals surface area contributed by atoms with Crippen LogP contribution in [0.1, 0.15) is 112 Å². The van der Waals surface area contributed by atoms with Crippen LogP contribution in [0.5, 0.6) is 0 Å². The number of likely N-dealkylation sites (N-methyl/N-ethyl adjacent to an activating group) is 4. The van der Waals surface area contributed by atoms with Crippen LogP contribution in [0.2, 0.25) is 0 Å². The molecule has 6 aliphatic rings. The number of hydrogen-bond acceptors (Lipinski definition) is 26. The van der Waals surface area contributed by atoms with E-state index in [-0.39, 0.29) is 69.6 Å². The molecule has 0 aromatic carbocycles. The number of fused-ring (bicyclic) bond motifs is 3. The number of rotatable bonds is 28. The summed E-state index contributed by atoms with van der Waals surface area (Å²) in [7, 11) is 3.36. The van der Waals surface area contributed by atoms with Gasteiger partial charge in [0.15, 0.2) is 0 Å². The number of unbranched alkanes of at least 4 members (excludes halogenated alkanes) is 2. The molecule has 0 radical (unpaired) electrons. The van der Waals surface area contributed by atoms with Gasteiger partial charge in [-0.25, -0.2) is 0 Å². The molecule has 38 heteroatoms. The van der Waals surface area contributed by atoms with Crippen LogP contribution in [0.15, 0.2) is 237 Å². The van der Waals surface area contributed by atoms with Crippen LogP contribution < -0.4 is 0 Å². The average molecular weight is 2210 g/mol. The van der Waals surface area contributed by atoms with E-state index in [4.69, 9.17) is 60.5 Å². The van der Waals surface area contributed by atoms with Gasteiger partial charge in [0.25, 0.3) is 35.4 Å². The molecule has 0 aliphatic carbocycles. The number of thiophene rings is 14. The van der Waals surface area contributed by atoms with Gasteiger partial charge in [0.2, 0.25) is 0 Å². The largest absolute Gasteiger partial charge is 0.520 e. The molecule has 24 nitrogen and oxygen atoms in total. The zero-order chi connectivity index (χ0) is 106. The second-order valence-corrected chi connectivity index (χ2v) is 48.2. The molecule has 14 aromatic rings. The van der Waals surface area contributed by atoms with Crippen molar-refractivity contribution in [2.45, 2.75) is 53.4 Å². The van der Waals surface area contributed by atoms with Crippen molar-refractivity contribution < 1.29 is 28.8 Å². The van der Waals surface area contributed by atoms with Gasteiger partial charge in [-0.15, -0.1) is 159 Å². The molecule has 6 amide bonds. The molecular formula is C112H68N18O6S14. The summed E-state index contributed by atoms with van der Waals surface area (Å²) in [4.78, 5) is 140. The van der Waals surface area contributed by atoms with Crippen molar-refractivity contribution >= 4 is 265 Å². The van der Waals surface area contributed by atoms with Gasteiger partial charge in [-0.2, -0.15) is 60.6 Å². The van der Waals surface area contributed by atoms with E-state index in [0.29, 0.717) is 93.8 Å². The van der Waals surface area contributed by atoms with E-state index >= 15 is 0 Å². The lowest BCUT2D eigenvalue weighted by Gasteiger charge is -2.24. The summed E-state index contributed by atoms with van der Waals surface area (Å²) in [5.41, 5.74) is 6.51. The predicted molar refractivity (Wildman–Crippen MR) is 609 cm³/mol. The van der Waals surface area contributed by atoms with Gasteiger partial charge in [-0.3, -0.25) is 28.8 Å². The van der Waals surface area contributed by atoms with Gasteiger partial charge >= 0.3 is 17.5 Å². The van der Waals surface area contributed by atoms with Crippen molar-refractivity contribution in [3.63, 3.8) is 0 Å². The van der Waals surface area contributed by atoms with Gasteiger partial charge in [0, 0.05) is 166 Å². The van der Waals surface area contributed by atoms with Crippen LogP contribution in [0.4, 0.5) is 0 Å². The molecule has 0 saturated heterocycles. The summed E-state index contributed by atoms with van der Waals surface area (Å²) in [5, 5.41) is 54.7. The molecule has 20 heterocycles. The fourth-order valence-corrected chi connectivity index (χ4v) is 32.0. The highest BCUT2D eigenvalue weighted by Crippen LogP contribution is 2.57. The van der Waals surface area contributed by atoms with Crippen LogP contribution in [0, 0.1) is 107 Å². The molecule has 0 bridgehead atoms. The van der Waals surface area contributed by atoms with Crippen LogP contribution in [0.25, 0.3) is 178 Å². The molecule has 14 aromatic heterocycles. The Balaban J connectivity index is 0.000000149. The minimum Gasteiger partial charge on any atom is -0.309 e. The normalized spacial score (nSPS) is 13.6. The Hall–Kier alpha value is -16.6. The van der Waals surface area contributed by atoms with Crippen molar-refractivity contribution in [2.24, 2.45) is 0 Å². The fourth-order valence-electron chi connectivity index (χ4n) is 17.1. The summed E-state index contributed by atoms with van der Waals surface area (Å²) in [6, 6.07) is 66.5. The van der Waals surface area contributed by atoms with Crippen molar-refractivity contribution in [3.8, 4) is 114 Å². The summed E-state index contributed by atoms with van der Waals surface area (Å²) in [6.07, 6.45) is 12.9. The quantitative estimate of drug-likeness (QED) is 0.0327. The van der Waals surface area contributed by atoms with Crippen LogP contribution in [0.3, 0.4) is 0 Å². The van der Waals surface area contributed by atoms with Crippen molar-refractivity contribution in [2.75, 3.05) is 40.3 Å². The Morgan fingerprint density at radius 1 is 0.240 bits per heavy atom. The molecule has 6 aliphatic heterocycles. The number of hydrogen-bond donors (Lipinski definition) is 0. The Labute approximate surface area is 918 Å². The lowest BCUT2D eigenvalue weighted by molar-refractivity contribution is -0.124. The Bertz CT molecular complexity index is 8440. The zero-order valence-corrected chi connectivity index (χ0v) is 90.9. The fraction of sp³-hybridized carbons (Fsp3) is 0.125. The summed E-state index contributed by atoms with van der Waals surface area (Å²) < 4.78 is 0. The first kappa shape index (κ1) is 103. The monoisotopic (exact) mass is 2210 g/mol. The maximum absolute atomic E-state index is 14.7. The van der Waals surface area contributed by atoms with Crippen molar-refractivity contribution in [3.05, 3.63) is 365 Å². The second-order valence-electron chi connectivity index (χ2n) is 32.8. The Kier molecular flexibility index (Phi) is 31.0. The Morgan fingerprint density at radius 3 is 0.607 bits per heavy atom. The van der Waals surface area contributed by atoms with Gasteiger partial charge in [-0.05, 0) is 215 Å². The summed E-state index contributed by atoms with van der Waals surface area (Å²) in [5.74, 6) is -1.09. The second kappa shape index (κ2) is 45.0. The average Bonchev–Trinajstić information content (AvgIpc) is 1.56. The van der Waals surface area contributed by atoms with E-state index in [1.54, 1.807) is 127 Å². The maximum atomic E-state index is 14.7. The van der Waals surface area contributed by atoms with Gasteiger partial charge in [0.1, 0.15) is 92.6 Å². The molecule has 150 heavy (non-hydrogen) atoms. The molecular weight excluding hydrogens is 2140 g/mol. The maximum Gasteiger partial charge on any atom is 0.520 e. The number of amides is 6. The van der Waals surface area contributed by atoms with E-state index in [0.717, 1.165) is 162 Å². The highest BCUT2D eigenvalue weighted by molar-refractivity contribution is 7.29. The van der Waals surface area contributed by atoms with Crippen molar-refractivity contribution in [1.29, 1.82) is 31.6 Å². The smallest absolute Gasteiger partial charge is 0.309 e. The number of nitrogens with zero attached hydrogens (tertiary/aromatic N) is 18. The van der Waals surface area contributed by atoms with E-state index in [1.165, 1.54) is 102 Å². The van der Waals surface area contributed by atoms with E-state index in [1.807, 2.05) is 194 Å². The summed E-state index contributed by atoms with van der Waals surface area (Å²) >= 11 is 21.4. The van der Waals surface area contributed by atoms with Crippen LogP contribution in [-0.2, 0) is 28.8 Å². The molecule has 0 saturated carbocycles. The minimum absolute atomic E-state index is 0.00208. The molecule has 0 spiro atoms. The number of carbonyl (C=O) groups excluding carboxylic acids is 6. The topological polar surface area (TPSA) is 291 Å². The first-order valence-corrected chi connectivity index (χ1v) is 57.0. The number of allylic oxidation sites excluding steroid dienone is 3. The summed E-state index contributed by atoms with van der Waals surface area (Å²) in [6.45, 7) is 52.7. The highest BCUT2D eigenvalue weighted by atomic mass is 32.2. The van der Waals surface area contributed by atoms with Gasteiger partial charge < -0.3 is 29.4 Å². The minimum atomic E-state index is -0.244. The Morgan fingerprint density at radius 2 is 0.407 bits per heavy atom. The SMILES string of the molecule is [C-]#[N+]C(=Cc1ccc(-c2ccc(-c3ccc(C4=C5C(=O)N(CCCC)C(c6ccc(-c7ccc(-c8ccc(C=C(C#N)C#N)s8)s7)s6)=C5C(=O)N4CCCC)s3)s2)s1)[N+]#[C-].[C-]#[N+]C(=Cc1ccc(-c2ccc(C3=C4C(=O)N(C)C(c5ccc(-c6ccc(C=C(C#N)C#N)s6)s5)=C4C(=O)N3C)s2)s1)[N+]#[C-].[C-]#[N+]C(=Cc1ccc(-c2ccc(C3=C4C(=O)N(CC)C(c5ccc(-c6ccc(C=C(C#N)C#N)s6)s5)=C4C(=O)N3CC)s2)s1)[N+]#[C-]. The number of nitriles is 6. The van der Waals surface area contributed by atoms with Gasteiger partial charge in [0.05, 0.1) is 96.9 Å². The zero-order valence-electron chi connectivity index (χ0n) is 79.5. The molecule has 0 atom stereocenters. The molecule has 0 N–H and O–H groups in total. The lowest BCUT2D eigenvalue weighted by Crippen LogP contribution is -2.30. The molecule has 20 rings (SSSR count). The predicted octanol–water partition coefficient (Wildman–Crippen LogP) is 30.3. The van der Waals surface area contributed by atoms with E-state index < -0.39 is 0 Å². The first-order valence-electron chi connectivity index (χ1n) is 45.6. The van der Waals surface area contributed by atoms with E-state index in [9.17, 15) is 39.3 Å². The molecule has 726 valence electrons. The van der Waals surface area contributed by atoms with Gasteiger partial charge in [-0.1, -0.05) is 26.7 Å². The lowest BCUT2D eigenvalue weighted by atomic mass is 10.1. The van der Waals surface area contributed by atoms with Crippen LogP contribution >= 0.6 is 159 Å². The molecule has 0 fully saturated rings. The van der Waals surface area contributed by atoms with Crippen molar-refractivity contribution in [1.82, 2.24) is 29.4 Å². The standard InChI is InChI=1S/C46H32N6O2S6.C34H20N6O2S4.C32H16N6O2S4/c1-5-7-21-51-43(38-19-17-36(59-38)34-15-13-32(57-34)30-11-9-28(55-30)23-27(25-47)26-48)41-42(46(51)54)44(52(45(41)53)22-8-6-2)39-20-18-37(60-39)35-16-14-33(58-35)31-12-10-29(56-31)24-40(49-3)50-4;1-5-39-31(26-13-11-24(45-26)22-9-7-20(43-22)15-19(17-35)18-36)29-30(34(39)42)32(40(6-2)33(29)41)27-14-12-25(46-27)23-10-8-21(44-23)16-28(37-3)38-4;1-35-26(36-2)14-19-6-8-21(42-19)23-10-12-25(44-23)30-28-27(31(39)38(30)4)29(37(3)32(28)40)24-11-9-22(43-24)20-7-5-18(41-20)13-17(15-33)16-34/h9-20,23-24H,5-8,21-22H2,1-2H3;7-16H,5-6H2,1-2H3;5-14H,3-4H3. The van der Waals surface area contributed by atoms with E-state index in [2.05, 4.69) is 79.3 Å². The third kappa shape index (κ3) is 20.1. The third-order valence-electron chi connectivity index (χ3n) is 23.9. The molecule has 0 unspecified atom stereocenters. The number of carbonyl (C=O) groups is 6.